The summed E-state index contributed by atoms with van der Waals surface area (Å²) in [5.74, 6) is 0. The molecule has 0 spiro atoms. The molecule has 0 saturated heterocycles. The van der Waals surface area contributed by atoms with E-state index in [0.717, 1.165) is 0 Å². The lowest BCUT2D eigenvalue weighted by Crippen LogP contribution is -2.02. The first-order valence-electron chi connectivity index (χ1n) is 2.15. The smallest absolute Gasteiger partial charge is 0.173 e. The fourth-order valence-corrected chi connectivity index (χ4v) is 0.243. The molecule has 2 heteroatoms. The van der Waals surface area contributed by atoms with Crippen molar-refractivity contribution in [2.45, 2.75) is 13.2 Å². The lowest BCUT2D eigenvalue weighted by molar-refractivity contribution is -0.0357. The van der Waals surface area contributed by atoms with Gasteiger partial charge in [-0.3, -0.25) is 0 Å². The first kappa shape index (κ1) is 6.66. The van der Waals surface area contributed by atoms with E-state index in [1.807, 2.05) is 6.92 Å². The predicted octanol–water partition coefficient (Wildman–Crippen LogP) is 0.527. The molecule has 0 radical (unpaired) electrons. The molecule has 0 aliphatic carbocycles. The molecule has 0 heterocycles. The van der Waals surface area contributed by atoms with Gasteiger partial charge in [-0.2, -0.15) is 0 Å². The lowest BCUT2D eigenvalue weighted by atomic mass is 10.5. The summed E-state index contributed by atoms with van der Waals surface area (Å²) in [4.78, 5) is 0. The van der Waals surface area contributed by atoms with Gasteiger partial charge in [0.15, 0.2) is 6.29 Å². The second-order valence-electron chi connectivity index (χ2n) is 1.15. The maximum absolute atomic E-state index is 8.55. The fraction of sp³-hybridized carbons (Fsp3) is 0.600. The van der Waals surface area contributed by atoms with Crippen LogP contribution >= 0.6 is 0 Å². The highest BCUT2D eigenvalue weighted by Gasteiger charge is 1.87. The summed E-state index contributed by atoms with van der Waals surface area (Å²) in [5.41, 5.74) is 0. The maximum atomic E-state index is 8.55. The average Bonchev–Trinajstić information content (AvgIpc) is 1.68. The molecular formula is C5H10O2. The Hall–Kier alpha value is -0.340. The van der Waals surface area contributed by atoms with Crippen molar-refractivity contribution in [1.82, 2.24) is 0 Å². The van der Waals surface area contributed by atoms with Crippen molar-refractivity contribution in [3.63, 3.8) is 0 Å². The zero-order valence-corrected chi connectivity index (χ0v) is 4.59. The van der Waals surface area contributed by atoms with Gasteiger partial charge in [-0.15, -0.1) is 0 Å². The molecule has 0 bridgehead atoms. The molecule has 1 N–H and O–H groups in total. The van der Waals surface area contributed by atoms with Crippen LogP contribution in [0.25, 0.3) is 0 Å². The van der Waals surface area contributed by atoms with Crippen molar-refractivity contribution in [3.05, 3.63) is 12.2 Å². The molecule has 0 saturated carbocycles. The van der Waals surface area contributed by atoms with Crippen molar-refractivity contribution < 1.29 is 9.84 Å². The summed E-state index contributed by atoms with van der Waals surface area (Å²) < 4.78 is 4.46. The van der Waals surface area contributed by atoms with E-state index in [9.17, 15) is 0 Å². The van der Waals surface area contributed by atoms with Crippen LogP contribution < -0.4 is 0 Å². The standard InChI is InChI=1S/C5H10O2/c1-3-4-5(6)7-2/h3-6H,1-2H3/b4-3-. The van der Waals surface area contributed by atoms with E-state index in [1.165, 1.54) is 7.11 Å². The SMILES string of the molecule is C/C=C\C(O)OC. The first-order valence-corrected chi connectivity index (χ1v) is 2.15. The van der Waals surface area contributed by atoms with Crippen molar-refractivity contribution in [1.29, 1.82) is 0 Å². The highest BCUT2D eigenvalue weighted by Crippen LogP contribution is 1.82. The number of hydrogen-bond donors (Lipinski definition) is 1. The van der Waals surface area contributed by atoms with Crippen LogP contribution in [0.4, 0.5) is 0 Å². The van der Waals surface area contributed by atoms with E-state index in [2.05, 4.69) is 4.74 Å². The van der Waals surface area contributed by atoms with E-state index in [1.54, 1.807) is 12.2 Å². The summed E-state index contributed by atoms with van der Waals surface area (Å²) in [6.45, 7) is 1.82. The number of allylic oxidation sites excluding steroid dienone is 1. The van der Waals surface area contributed by atoms with Gasteiger partial charge in [0.05, 0.1) is 0 Å². The monoisotopic (exact) mass is 102 g/mol. The quantitative estimate of drug-likeness (QED) is 0.407. The minimum Gasteiger partial charge on any atom is -0.365 e. The molecule has 7 heavy (non-hydrogen) atoms. The Balaban J connectivity index is 3.16. The topological polar surface area (TPSA) is 29.5 Å². The molecule has 0 fully saturated rings. The summed E-state index contributed by atoms with van der Waals surface area (Å²) in [7, 11) is 1.45. The van der Waals surface area contributed by atoms with Gasteiger partial charge in [0, 0.05) is 7.11 Å². The van der Waals surface area contributed by atoms with Gasteiger partial charge in [0.1, 0.15) is 0 Å². The zero-order chi connectivity index (χ0) is 5.70. The summed E-state index contributed by atoms with van der Waals surface area (Å²) >= 11 is 0. The van der Waals surface area contributed by atoms with Gasteiger partial charge < -0.3 is 9.84 Å². The van der Waals surface area contributed by atoms with Crippen LogP contribution in [-0.4, -0.2) is 18.5 Å². The number of aliphatic hydroxyl groups is 1. The zero-order valence-electron chi connectivity index (χ0n) is 4.59. The number of rotatable bonds is 2. The second kappa shape index (κ2) is 3.84. The van der Waals surface area contributed by atoms with E-state index in [-0.39, 0.29) is 0 Å². The van der Waals surface area contributed by atoms with Crippen LogP contribution in [0.3, 0.4) is 0 Å². The Bertz CT molecular complexity index is 59.1. The van der Waals surface area contributed by atoms with Crippen LogP contribution in [0.15, 0.2) is 12.2 Å². The molecule has 0 aliphatic rings. The third-order valence-electron chi connectivity index (χ3n) is 0.599. The van der Waals surface area contributed by atoms with Gasteiger partial charge in [0.2, 0.25) is 0 Å². The van der Waals surface area contributed by atoms with Crippen LogP contribution in [0.2, 0.25) is 0 Å². The van der Waals surface area contributed by atoms with Crippen LogP contribution in [0.1, 0.15) is 6.92 Å². The molecular weight excluding hydrogens is 92.1 g/mol. The summed E-state index contributed by atoms with van der Waals surface area (Å²) in [6.07, 6.45) is 2.55. The van der Waals surface area contributed by atoms with Crippen LogP contribution in [-0.2, 0) is 4.74 Å². The van der Waals surface area contributed by atoms with E-state index < -0.39 is 6.29 Å². The van der Waals surface area contributed by atoms with Gasteiger partial charge in [-0.05, 0) is 13.0 Å². The highest BCUT2D eigenvalue weighted by atomic mass is 16.6. The fourth-order valence-electron chi connectivity index (χ4n) is 0.243. The number of ether oxygens (including phenoxy) is 1. The molecule has 0 amide bonds. The van der Waals surface area contributed by atoms with E-state index in [0.29, 0.717) is 0 Å². The Kier molecular flexibility index (Phi) is 3.65. The van der Waals surface area contributed by atoms with E-state index in [4.69, 9.17) is 5.11 Å². The van der Waals surface area contributed by atoms with Crippen molar-refractivity contribution in [3.8, 4) is 0 Å². The third-order valence-corrected chi connectivity index (χ3v) is 0.599. The molecule has 42 valence electrons. The summed E-state index contributed by atoms with van der Waals surface area (Å²) in [6, 6.07) is 0. The molecule has 1 atom stereocenters. The molecule has 1 unspecified atom stereocenters. The van der Waals surface area contributed by atoms with Gasteiger partial charge in [-0.1, -0.05) is 6.08 Å². The molecule has 0 rings (SSSR count). The molecule has 0 aromatic rings. The Morgan fingerprint density at radius 2 is 2.29 bits per heavy atom. The molecule has 0 aromatic heterocycles. The molecule has 2 nitrogen and oxygen atoms in total. The predicted molar refractivity (Wildman–Crippen MR) is 27.8 cm³/mol. The van der Waals surface area contributed by atoms with Gasteiger partial charge in [0.25, 0.3) is 0 Å². The number of aliphatic hydroxyl groups excluding tert-OH is 1. The normalized spacial score (nSPS) is 15.3. The largest absolute Gasteiger partial charge is 0.365 e. The van der Waals surface area contributed by atoms with Crippen LogP contribution in [0.5, 0.6) is 0 Å². The van der Waals surface area contributed by atoms with Crippen molar-refractivity contribution >= 4 is 0 Å². The van der Waals surface area contributed by atoms with Gasteiger partial charge in [-0.25, -0.2) is 0 Å². The Morgan fingerprint density at radius 1 is 1.71 bits per heavy atom. The highest BCUT2D eigenvalue weighted by molar-refractivity contribution is 4.79. The second-order valence-corrected chi connectivity index (χ2v) is 1.15. The first-order chi connectivity index (χ1) is 3.31. The third kappa shape index (κ3) is 3.49. The number of methoxy groups -OCH3 is 1. The average molecular weight is 102 g/mol. The Labute approximate surface area is 43.4 Å². The Morgan fingerprint density at radius 3 is 2.43 bits per heavy atom. The van der Waals surface area contributed by atoms with Gasteiger partial charge >= 0.3 is 0 Å². The minimum absolute atomic E-state index is 0.731. The molecule has 0 aliphatic heterocycles. The van der Waals surface area contributed by atoms with Crippen LogP contribution in [0, 0.1) is 0 Å². The maximum Gasteiger partial charge on any atom is 0.173 e. The minimum atomic E-state index is -0.731. The number of hydrogen-bond acceptors (Lipinski definition) is 2. The van der Waals surface area contributed by atoms with Crippen molar-refractivity contribution in [2.24, 2.45) is 0 Å². The van der Waals surface area contributed by atoms with Crippen molar-refractivity contribution in [2.75, 3.05) is 7.11 Å². The lowest BCUT2D eigenvalue weighted by Gasteiger charge is -1.97. The summed E-state index contributed by atoms with van der Waals surface area (Å²) in [5, 5.41) is 8.55. The van der Waals surface area contributed by atoms with E-state index >= 15 is 0 Å². The molecule has 0 aromatic carbocycles.